The third-order valence-corrected chi connectivity index (χ3v) is 5.41. The molecule has 1 aliphatic rings. The number of nitrogens with one attached hydrogen (secondary N) is 1. The number of rotatable bonds is 4. The predicted octanol–water partition coefficient (Wildman–Crippen LogP) is 5.79. The van der Waals surface area contributed by atoms with Crippen molar-refractivity contribution in [1.29, 1.82) is 0 Å². The second kappa shape index (κ2) is 8.36. The maximum absolute atomic E-state index is 14.1. The van der Waals surface area contributed by atoms with Gasteiger partial charge in [-0.2, -0.15) is 18.3 Å². The number of fused-ring (bicyclic) bond motifs is 1. The van der Waals surface area contributed by atoms with Crippen LogP contribution in [0.1, 0.15) is 22.6 Å². The van der Waals surface area contributed by atoms with Crippen molar-refractivity contribution in [3.8, 4) is 22.5 Å². The van der Waals surface area contributed by atoms with Gasteiger partial charge in [-0.1, -0.05) is 24.3 Å². The second-order valence-electron chi connectivity index (χ2n) is 7.73. The molecule has 0 fully saturated rings. The molecule has 0 atom stereocenters. The number of alkyl halides is 3. The minimum atomic E-state index is -4.38. The Labute approximate surface area is 190 Å². The molecule has 1 aliphatic heterocycles. The molecule has 0 unspecified atom stereocenters. The third-order valence-electron chi connectivity index (χ3n) is 5.41. The van der Waals surface area contributed by atoms with E-state index in [9.17, 15) is 22.0 Å². The minimum absolute atomic E-state index is 0.0369. The van der Waals surface area contributed by atoms with Gasteiger partial charge in [0.05, 0.1) is 47.5 Å². The van der Waals surface area contributed by atoms with E-state index < -0.39 is 23.4 Å². The molecule has 0 saturated heterocycles. The van der Waals surface area contributed by atoms with Crippen LogP contribution in [-0.2, 0) is 19.3 Å². The average molecular weight is 469 g/mol. The molecule has 1 N–H and O–H groups in total. The van der Waals surface area contributed by atoms with Crippen LogP contribution in [0.5, 0.6) is 0 Å². The maximum atomic E-state index is 14.1. The highest BCUT2D eigenvalue weighted by Crippen LogP contribution is 2.31. The number of pyridine rings is 1. The summed E-state index contributed by atoms with van der Waals surface area (Å²) >= 11 is 0. The summed E-state index contributed by atoms with van der Waals surface area (Å²) in [5.74, 6) is -1.71. The minimum Gasteiger partial charge on any atom is -0.337 e. The topological polar surface area (TPSA) is 57.2 Å². The smallest absolute Gasteiger partial charge is 0.337 e. The third kappa shape index (κ3) is 4.26. The van der Waals surface area contributed by atoms with Gasteiger partial charge in [-0.15, -0.1) is 0 Å². The van der Waals surface area contributed by atoms with Crippen molar-refractivity contribution in [1.82, 2.24) is 20.0 Å². The summed E-state index contributed by atoms with van der Waals surface area (Å²) < 4.78 is 65.9. The van der Waals surface area contributed by atoms with Crippen molar-refractivity contribution in [3.63, 3.8) is 0 Å². The molecule has 2 aromatic carbocycles. The van der Waals surface area contributed by atoms with Gasteiger partial charge in [0.15, 0.2) is 11.6 Å². The molecule has 5 rings (SSSR count). The first kappa shape index (κ1) is 21.7. The molecule has 0 radical (unpaired) electrons. The normalized spacial score (nSPS) is 13.3. The van der Waals surface area contributed by atoms with Crippen LogP contribution in [0.3, 0.4) is 0 Å². The van der Waals surface area contributed by atoms with Crippen molar-refractivity contribution in [2.45, 2.75) is 19.3 Å². The molecule has 0 aliphatic carbocycles. The fraction of sp³-hybridized carbons (Fsp3) is 0.125. The summed E-state index contributed by atoms with van der Waals surface area (Å²) in [4.78, 5) is 11.8. The van der Waals surface area contributed by atoms with Gasteiger partial charge in [0.25, 0.3) is 0 Å². The predicted molar refractivity (Wildman–Crippen MR) is 115 cm³/mol. The number of halogens is 5. The van der Waals surface area contributed by atoms with E-state index in [1.165, 1.54) is 24.3 Å². The Hall–Kier alpha value is -4.08. The summed E-state index contributed by atoms with van der Waals surface area (Å²) in [5.41, 5.74) is 2.59. The van der Waals surface area contributed by atoms with Gasteiger partial charge in [0.2, 0.25) is 0 Å². The van der Waals surface area contributed by atoms with Crippen molar-refractivity contribution in [2.75, 3.05) is 0 Å². The molecule has 5 nitrogen and oxygen atoms in total. The molecular formula is C24H16F5N5. The van der Waals surface area contributed by atoms with Crippen LogP contribution in [0.2, 0.25) is 0 Å². The zero-order valence-corrected chi connectivity index (χ0v) is 17.4. The summed E-state index contributed by atoms with van der Waals surface area (Å²) in [6, 6.07) is 12.4. The summed E-state index contributed by atoms with van der Waals surface area (Å²) in [6.45, 7) is 0.696. The van der Waals surface area contributed by atoms with Crippen molar-refractivity contribution in [2.24, 2.45) is 5.10 Å². The quantitative estimate of drug-likeness (QED) is 0.385. The largest absolute Gasteiger partial charge is 0.416 e. The number of nitrogens with zero attached hydrogens (tertiary/aromatic N) is 4. The number of hydrogen-bond donors (Lipinski definition) is 1. The van der Waals surface area contributed by atoms with E-state index >= 15 is 0 Å². The van der Waals surface area contributed by atoms with E-state index in [0.29, 0.717) is 41.3 Å². The molecule has 3 heterocycles. The van der Waals surface area contributed by atoms with Crippen LogP contribution in [0.25, 0.3) is 22.5 Å². The first-order valence-electron chi connectivity index (χ1n) is 10.2. The molecule has 2 aromatic heterocycles. The maximum Gasteiger partial charge on any atom is 0.416 e. The number of aromatic nitrogens is 3. The molecular weight excluding hydrogens is 453 g/mol. The lowest BCUT2D eigenvalue weighted by atomic mass is 10.1. The van der Waals surface area contributed by atoms with Crippen LogP contribution < -0.4 is 0 Å². The van der Waals surface area contributed by atoms with Crippen LogP contribution in [0, 0.1) is 11.6 Å². The highest BCUT2D eigenvalue weighted by molar-refractivity contribution is 5.80. The lowest BCUT2D eigenvalue weighted by molar-refractivity contribution is -0.137. The molecule has 0 bridgehead atoms. The summed E-state index contributed by atoms with van der Waals surface area (Å²) in [6.07, 6.45) is -1.23. The SMILES string of the molecule is Fc1cccc(-c2nc3c([nH]2)C=NN(Cc2ccc(-c4ccc(C(F)(F)F)cc4)cn2)C3)c1F. The monoisotopic (exact) mass is 469 g/mol. The number of imidazole rings is 1. The van der Waals surface area contributed by atoms with Gasteiger partial charge in [0.1, 0.15) is 5.82 Å². The second-order valence-corrected chi connectivity index (χ2v) is 7.73. The average Bonchev–Trinajstić information content (AvgIpc) is 3.24. The van der Waals surface area contributed by atoms with E-state index in [1.54, 1.807) is 29.6 Å². The molecule has 10 heteroatoms. The fourth-order valence-electron chi connectivity index (χ4n) is 3.64. The van der Waals surface area contributed by atoms with E-state index in [0.717, 1.165) is 18.2 Å². The van der Waals surface area contributed by atoms with Crippen LogP contribution in [0.4, 0.5) is 22.0 Å². The highest BCUT2D eigenvalue weighted by Gasteiger charge is 2.30. The zero-order valence-electron chi connectivity index (χ0n) is 17.4. The fourth-order valence-corrected chi connectivity index (χ4v) is 3.64. The lowest BCUT2D eigenvalue weighted by Crippen LogP contribution is -2.22. The number of H-pyrrole nitrogens is 1. The first-order valence-corrected chi connectivity index (χ1v) is 10.2. The Morgan fingerprint density at radius 3 is 2.41 bits per heavy atom. The number of hydrazone groups is 1. The van der Waals surface area contributed by atoms with E-state index in [4.69, 9.17) is 0 Å². The van der Waals surface area contributed by atoms with Gasteiger partial charge in [0, 0.05) is 11.8 Å². The van der Waals surface area contributed by atoms with Crippen molar-refractivity contribution in [3.05, 3.63) is 95.1 Å². The van der Waals surface area contributed by atoms with E-state index in [2.05, 4.69) is 20.1 Å². The van der Waals surface area contributed by atoms with Crippen LogP contribution in [0.15, 0.2) is 65.9 Å². The van der Waals surface area contributed by atoms with Gasteiger partial charge in [-0.3, -0.25) is 9.99 Å². The Morgan fingerprint density at radius 1 is 0.941 bits per heavy atom. The number of benzene rings is 2. The summed E-state index contributed by atoms with van der Waals surface area (Å²) in [5, 5.41) is 6.07. The lowest BCUT2D eigenvalue weighted by Gasteiger charge is -2.20. The Kier molecular flexibility index (Phi) is 5.35. The van der Waals surface area contributed by atoms with Gasteiger partial charge in [-0.25, -0.2) is 13.8 Å². The van der Waals surface area contributed by atoms with E-state index in [-0.39, 0.29) is 11.4 Å². The van der Waals surface area contributed by atoms with Crippen LogP contribution >= 0.6 is 0 Å². The molecule has 172 valence electrons. The molecule has 4 aromatic rings. The first-order chi connectivity index (χ1) is 16.3. The van der Waals surface area contributed by atoms with Crippen LogP contribution in [-0.4, -0.2) is 26.2 Å². The molecule has 34 heavy (non-hydrogen) atoms. The number of aromatic amines is 1. The molecule has 0 spiro atoms. The Bertz CT molecular complexity index is 1360. The number of hydrogen-bond acceptors (Lipinski definition) is 4. The zero-order chi connectivity index (χ0) is 23.9. The van der Waals surface area contributed by atoms with Crippen molar-refractivity contribution < 1.29 is 22.0 Å². The van der Waals surface area contributed by atoms with Crippen molar-refractivity contribution >= 4 is 6.21 Å². The standard InChI is InChI=1S/C24H16F5N5/c25-19-3-1-2-18(22(19)26)23-32-20-11-31-34(13-21(20)33-23)12-17-9-6-15(10-30-17)14-4-7-16(8-5-14)24(27,28)29/h1-11H,12-13H2,(H,32,33). The highest BCUT2D eigenvalue weighted by atomic mass is 19.4. The van der Waals surface area contributed by atoms with Gasteiger partial charge in [-0.05, 0) is 35.9 Å². The molecule has 0 saturated carbocycles. The van der Waals surface area contributed by atoms with Gasteiger partial charge >= 0.3 is 6.18 Å². The summed E-state index contributed by atoms with van der Waals surface area (Å²) in [7, 11) is 0. The van der Waals surface area contributed by atoms with E-state index in [1.807, 2.05) is 0 Å². The Morgan fingerprint density at radius 2 is 1.71 bits per heavy atom. The molecule has 0 amide bonds. The Balaban J connectivity index is 1.28. The van der Waals surface area contributed by atoms with Gasteiger partial charge < -0.3 is 4.98 Å².